The van der Waals surface area contributed by atoms with Gasteiger partial charge in [-0.3, -0.25) is 10.4 Å². The maximum absolute atomic E-state index is 11.0. The van der Waals surface area contributed by atoms with Gasteiger partial charge >= 0.3 is 6.09 Å². The van der Waals surface area contributed by atoms with Crippen molar-refractivity contribution in [2.45, 2.75) is 13.8 Å². The normalized spacial score (nSPS) is 9.69. The molecule has 0 radical (unpaired) electrons. The van der Waals surface area contributed by atoms with E-state index in [1.165, 1.54) is 0 Å². The lowest BCUT2D eigenvalue weighted by Gasteiger charge is -2.07. The smallest absolute Gasteiger partial charge is 0.413 e. The molecule has 16 heavy (non-hydrogen) atoms. The van der Waals surface area contributed by atoms with Crippen LogP contribution in [-0.2, 0) is 4.74 Å². The summed E-state index contributed by atoms with van der Waals surface area (Å²) in [5.74, 6) is 0.583. The van der Waals surface area contributed by atoms with E-state index in [1.54, 1.807) is 6.92 Å². The van der Waals surface area contributed by atoms with Crippen molar-refractivity contribution in [3.63, 3.8) is 0 Å². The number of aromatic amines is 1. The van der Waals surface area contributed by atoms with Crippen molar-refractivity contribution in [1.29, 1.82) is 0 Å². The van der Waals surface area contributed by atoms with E-state index in [9.17, 15) is 4.79 Å². The number of ether oxygens (including phenoxy) is 1. The highest BCUT2D eigenvalue weighted by Gasteiger charge is 2.10. The molecule has 1 aromatic rings. The van der Waals surface area contributed by atoms with Crippen LogP contribution in [0.4, 0.5) is 10.6 Å². The molecule has 0 fully saturated rings. The van der Waals surface area contributed by atoms with Crippen LogP contribution in [0.2, 0.25) is 0 Å². The second kappa shape index (κ2) is 5.80. The van der Waals surface area contributed by atoms with Crippen LogP contribution in [0, 0.1) is 6.92 Å². The molecule has 8 heteroatoms. The fraction of sp³-hybridized carbons (Fsp3) is 0.375. The standard InChI is InChI=1S/C8H11BrN4O2S/c1-3-15-8(14)11-7(16)10-6-5(9)4(2)12-13-6/h3H2,1-2H3,(H3,10,11,12,13,14,16). The average Bonchev–Trinajstić information content (AvgIpc) is 2.50. The van der Waals surface area contributed by atoms with Gasteiger partial charge < -0.3 is 10.1 Å². The predicted molar refractivity (Wildman–Crippen MR) is 67.4 cm³/mol. The second-order valence-corrected chi connectivity index (χ2v) is 4.00. The summed E-state index contributed by atoms with van der Waals surface area (Å²) in [5.41, 5.74) is 0.793. The van der Waals surface area contributed by atoms with Crippen LogP contribution < -0.4 is 10.6 Å². The van der Waals surface area contributed by atoms with Gasteiger partial charge in [-0.15, -0.1) is 0 Å². The van der Waals surface area contributed by atoms with Crippen molar-refractivity contribution in [1.82, 2.24) is 15.5 Å². The summed E-state index contributed by atoms with van der Waals surface area (Å²) in [4.78, 5) is 11.0. The van der Waals surface area contributed by atoms with Gasteiger partial charge in [0.15, 0.2) is 5.11 Å². The number of aromatic nitrogens is 2. The zero-order chi connectivity index (χ0) is 12.1. The molecule has 3 N–H and O–H groups in total. The number of nitrogens with one attached hydrogen (secondary N) is 3. The highest BCUT2D eigenvalue weighted by molar-refractivity contribution is 9.10. The number of anilines is 1. The number of hydrogen-bond acceptors (Lipinski definition) is 4. The van der Waals surface area contributed by atoms with E-state index in [1.807, 2.05) is 6.92 Å². The molecule has 0 aromatic carbocycles. The fourth-order valence-electron chi connectivity index (χ4n) is 0.906. The van der Waals surface area contributed by atoms with Gasteiger partial charge in [-0.25, -0.2) is 4.79 Å². The average molecular weight is 307 g/mol. The molecule has 0 bridgehead atoms. The molecule has 0 saturated heterocycles. The van der Waals surface area contributed by atoms with E-state index < -0.39 is 6.09 Å². The number of aryl methyl sites for hydroxylation is 1. The Balaban J connectivity index is 2.52. The first kappa shape index (κ1) is 12.9. The monoisotopic (exact) mass is 306 g/mol. The van der Waals surface area contributed by atoms with Crippen molar-refractivity contribution in [2.75, 3.05) is 11.9 Å². The summed E-state index contributed by atoms with van der Waals surface area (Å²) < 4.78 is 5.43. The largest absolute Gasteiger partial charge is 0.450 e. The van der Waals surface area contributed by atoms with E-state index in [-0.39, 0.29) is 5.11 Å². The Kier molecular flexibility index (Phi) is 4.69. The van der Waals surface area contributed by atoms with Crippen LogP contribution in [-0.4, -0.2) is 28.0 Å². The molecule has 0 aliphatic carbocycles. The molecular formula is C8H11BrN4O2S. The minimum Gasteiger partial charge on any atom is -0.450 e. The minimum absolute atomic E-state index is 0.141. The number of carbonyl (C=O) groups is 1. The van der Waals surface area contributed by atoms with Gasteiger partial charge in [0.05, 0.1) is 16.8 Å². The summed E-state index contributed by atoms with van der Waals surface area (Å²) in [7, 11) is 0. The Morgan fingerprint density at radius 3 is 2.88 bits per heavy atom. The van der Waals surface area contributed by atoms with E-state index in [4.69, 9.17) is 12.2 Å². The molecule has 1 heterocycles. The highest BCUT2D eigenvalue weighted by Crippen LogP contribution is 2.22. The van der Waals surface area contributed by atoms with Gasteiger partial charge in [0.2, 0.25) is 0 Å². The van der Waals surface area contributed by atoms with Gasteiger partial charge in [-0.2, -0.15) is 5.10 Å². The number of halogens is 1. The van der Waals surface area contributed by atoms with Crippen LogP contribution in [0.25, 0.3) is 0 Å². The van der Waals surface area contributed by atoms with Crippen LogP contribution >= 0.6 is 28.1 Å². The topological polar surface area (TPSA) is 79.0 Å². The van der Waals surface area contributed by atoms with E-state index in [0.29, 0.717) is 12.4 Å². The van der Waals surface area contributed by atoms with Crippen LogP contribution in [0.5, 0.6) is 0 Å². The zero-order valence-corrected chi connectivity index (χ0v) is 11.2. The van der Waals surface area contributed by atoms with Gasteiger partial charge in [-0.1, -0.05) is 0 Å². The van der Waals surface area contributed by atoms with Gasteiger partial charge in [0.25, 0.3) is 0 Å². The number of H-pyrrole nitrogens is 1. The van der Waals surface area contributed by atoms with Crippen molar-refractivity contribution in [2.24, 2.45) is 0 Å². The highest BCUT2D eigenvalue weighted by atomic mass is 79.9. The number of nitrogens with zero attached hydrogens (tertiary/aromatic N) is 1. The quantitative estimate of drug-likeness (QED) is 0.728. The third-order valence-corrected chi connectivity index (χ3v) is 2.78. The van der Waals surface area contributed by atoms with E-state index in [0.717, 1.165) is 10.2 Å². The second-order valence-electron chi connectivity index (χ2n) is 2.80. The molecule has 1 aromatic heterocycles. The lowest BCUT2D eigenvalue weighted by molar-refractivity contribution is 0.158. The Morgan fingerprint density at radius 1 is 1.69 bits per heavy atom. The van der Waals surface area contributed by atoms with Gasteiger partial charge in [0.1, 0.15) is 5.82 Å². The van der Waals surface area contributed by atoms with Crippen molar-refractivity contribution in [3.05, 3.63) is 10.2 Å². The Bertz CT molecular complexity index is 407. The van der Waals surface area contributed by atoms with Crippen LogP contribution in [0.15, 0.2) is 4.47 Å². The van der Waals surface area contributed by atoms with Gasteiger partial charge in [-0.05, 0) is 42.0 Å². The van der Waals surface area contributed by atoms with Crippen molar-refractivity contribution < 1.29 is 9.53 Å². The van der Waals surface area contributed by atoms with Crippen molar-refractivity contribution in [3.8, 4) is 0 Å². The maximum Gasteiger partial charge on any atom is 0.413 e. The molecule has 1 amide bonds. The fourth-order valence-corrected chi connectivity index (χ4v) is 1.37. The number of thiocarbonyl (C=S) groups is 1. The predicted octanol–water partition coefficient (Wildman–Crippen LogP) is 1.92. The summed E-state index contributed by atoms with van der Waals surface area (Å²) in [5, 5.41) is 11.9. The molecule has 0 spiro atoms. The number of hydrogen-bond donors (Lipinski definition) is 3. The summed E-state index contributed by atoms with van der Waals surface area (Å²) >= 11 is 8.22. The molecule has 0 atom stereocenters. The molecule has 88 valence electrons. The van der Waals surface area contributed by atoms with Gasteiger partial charge in [0, 0.05) is 0 Å². The van der Waals surface area contributed by atoms with Crippen LogP contribution in [0.1, 0.15) is 12.6 Å². The van der Waals surface area contributed by atoms with E-state index >= 15 is 0 Å². The number of rotatable bonds is 2. The first-order valence-corrected chi connectivity index (χ1v) is 5.70. The van der Waals surface area contributed by atoms with Crippen LogP contribution in [0.3, 0.4) is 0 Å². The third-order valence-electron chi connectivity index (χ3n) is 1.60. The lowest BCUT2D eigenvalue weighted by atomic mass is 10.5. The Morgan fingerprint density at radius 2 is 2.38 bits per heavy atom. The molecule has 0 unspecified atom stereocenters. The third kappa shape index (κ3) is 3.46. The summed E-state index contributed by atoms with van der Waals surface area (Å²) in [6.07, 6.45) is -0.590. The SMILES string of the molecule is CCOC(=O)NC(=S)Nc1[nH]nc(C)c1Br. The minimum atomic E-state index is -0.590. The van der Waals surface area contributed by atoms with Crippen molar-refractivity contribution >= 4 is 45.2 Å². The number of alkyl carbamates (subject to hydrolysis) is 1. The molecule has 0 aliphatic heterocycles. The molecule has 0 saturated carbocycles. The lowest BCUT2D eigenvalue weighted by Crippen LogP contribution is -2.34. The summed E-state index contributed by atoms with van der Waals surface area (Å²) in [6, 6.07) is 0. The first-order chi connectivity index (χ1) is 7.54. The summed E-state index contributed by atoms with van der Waals surface area (Å²) in [6.45, 7) is 3.83. The number of amides is 1. The zero-order valence-electron chi connectivity index (χ0n) is 8.76. The number of carbonyl (C=O) groups excluding carboxylic acids is 1. The maximum atomic E-state index is 11.0. The Labute approximate surface area is 106 Å². The molecule has 6 nitrogen and oxygen atoms in total. The molecule has 0 aliphatic rings. The Hall–Kier alpha value is -1.15. The molecular weight excluding hydrogens is 296 g/mol. The molecule has 1 rings (SSSR count). The first-order valence-electron chi connectivity index (χ1n) is 4.49. The van der Waals surface area contributed by atoms with E-state index in [2.05, 4.69) is 41.5 Å².